The maximum atomic E-state index is 9.60. The number of hydrogen-bond donors (Lipinski definition) is 1. The Hall–Kier alpha value is -0.720. The van der Waals surface area contributed by atoms with E-state index >= 15 is 0 Å². The van der Waals surface area contributed by atoms with Crippen LogP contribution in [0, 0.1) is 0 Å². The van der Waals surface area contributed by atoms with Gasteiger partial charge in [-0.05, 0) is 13.3 Å². The maximum absolute atomic E-state index is 9.60. The molecule has 78 valence electrons. The van der Waals surface area contributed by atoms with Crippen molar-refractivity contribution in [2.24, 2.45) is 0 Å². The van der Waals surface area contributed by atoms with Gasteiger partial charge in [-0.3, -0.25) is 0 Å². The van der Waals surface area contributed by atoms with Crippen molar-refractivity contribution in [3.63, 3.8) is 0 Å². The van der Waals surface area contributed by atoms with Crippen LogP contribution in [0.1, 0.15) is 20.3 Å². The van der Waals surface area contributed by atoms with Crippen LogP contribution in [0.3, 0.4) is 0 Å². The second-order valence-corrected chi connectivity index (χ2v) is 2.76. The lowest BCUT2D eigenvalue weighted by molar-refractivity contribution is -0.132. The van der Waals surface area contributed by atoms with Crippen molar-refractivity contribution >= 4 is 17.3 Å². The molecule has 1 unspecified atom stereocenters. The Kier molecular flexibility index (Phi) is 10.7. The zero-order valence-corrected chi connectivity index (χ0v) is 8.43. The SMILES string of the molecule is C=C(C)C(=O)O.CCCOS(=O)[O-]. The summed E-state index contributed by atoms with van der Waals surface area (Å²) in [6.07, 6.45) is 0.730. The third-order valence-corrected chi connectivity index (χ3v) is 1.11. The van der Waals surface area contributed by atoms with Gasteiger partial charge in [0.25, 0.3) is 0 Å². The average Bonchev–Trinajstić information content (AvgIpc) is 2.01. The fourth-order valence-corrected chi connectivity index (χ4v) is 0.454. The summed E-state index contributed by atoms with van der Waals surface area (Å²) in [7, 11) is 0. The molecule has 0 bridgehead atoms. The van der Waals surface area contributed by atoms with Gasteiger partial charge < -0.3 is 13.8 Å². The van der Waals surface area contributed by atoms with Gasteiger partial charge in [0.15, 0.2) is 0 Å². The van der Waals surface area contributed by atoms with Crippen molar-refractivity contribution < 1.29 is 22.8 Å². The summed E-state index contributed by atoms with van der Waals surface area (Å²) < 4.78 is 23.2. The van der Waals surface area contributed by atoms with Crippen LogP contribution in [0.25, 0.3) is 0 Å². The number of hydrogen-bond acceptors (Lipinski definition) is 4. The molecule has 0 amide bonds. The lowest BCUT2D eigenvalue weighted by atomic mass is 10.4. The molecule has 0 radical (unpaired) electrons. The van der Waals surface area contributed by atoms with Crippen molar-refractivity contribution in [1.29, 1.82) is 0 Å². The van der Waals surface area contributed by atoms with Gasteiger partial charge in [-0.1, -0.05) is 13.5 Å². The molecular weight excluding hydrogens is 196 g/mol. The van der Waals surface area contributed by atoms with Gasteiger partial charge in [-0.25, -0.2) is 9.00 Å². The molecule has 0 aromatic rings. The first-order valence-corrected chi connectivity index (χ1v) is 4.53. The maximum Gasteiger partial charge on any atom is 0.330 e. The smallest absolute Gasteiger partial charge is 0.330 e. The Labute approximate surface area is 79.9 Å². The molecule has 0 saturated heterocycles. The number of carbonyl (C=O) groups is 1. The van der Waals surface area contributed by atoms with Gasteiger partial charge in [0.2, 0.25) is 0 Å². The molecule has 1 N–H and O–H groups in total. The largest absolute Gasteiger partial charge is 0.750 e. The third-order valence-electron chi connectivity index (χ3n) is 0.749. The Balaban J connectivity index is 0. The van der Waals surface area contributed by atoms with Gasteiger partial charge in [0, 0.05) is 5.57 Å². The lowest BCUT2D eigenvalue weighted by Crippen LogP contribution is -1.95. The van der Waals surface area contributed by atoms with Crippen LogP contribution in [0.4, 0.5) is 0 Å². The standard InChI is InChI=1S/C4H6O2.C3H8O3S/c1-3(2)4(5)6;1-2-3-6-7(4)5/h1H2,2H3,(H,5,6);2-3H2,1H3,(H,4,5)/p-1. The quantitative estimate of drug-likeness (QED) is 0.548. The summed E-state index contributed by atoms with van der Waals surface area (Å²) in [5.74, 6) is -0.935. The molecule has 0 saturated carbocycles. The van der Waals surface area contributed by atoms with Crippen LogP contribution >= 0.6 is 0 Å². The van der Waals surface area contributed by atoms with Gasteiger partial charge in [0.05, 0.1) is 18.0 Å². The predicted octanol–water partition coefficient (Wildman–Crippen LogP) is 0.854. The second kappa shape index (κ2) is 9.37. The zero-order valence-electron chi connectivity index (χ0n) is 7.61. The van der Waals surface area contributed by atoms with Crippen LogP contribution in [0.15, 0.2) is 12.2 Å². The molecule has 0 aromatic heterocycles. The lowest BCUT2D eigenvalue weighted by Gasteiger charge is -2.01. The topological polar surface area (TPSA) is 86.7 Å². The van der Waals surface area contributed by atoms with E-state index in [1.165, 1.54) is 6.92 Å². The van der Waals surface area contributed by atoms with Crippen LogP contribution in [0.5, 0.6) is 0 Å². The van der Waals surface area contributed by atoms with Gasteiger partial charge >= 0.3 is 5.97 Å². The number of carboxylic acids is 1. The monoisotopic (exact) mass is 209 g/mol. The summed E-state index contributed by atoms with van der Waals surface area (Å²) >= 11 is -2.32. The van der Waals surface area contributed by atoms with Gasteiger partial charge in [-0.15, -0.1) is 0 Å². The molecule has 0 aromatic carbocycles. The van der Waals surface area contributed by atoms with E-state index in [9.17, 15) is 13.6 Å². The fourth-order valence-electron chi connectivity index (χ4n) is 0.151. The Morgan fingerprint density at radius 2 is 2.08 bits per heavy atom. The number of carboxylic acid groups (broad SMARTS) is 1. The minimum absolute atomic E-state index is 0.176. The molecule has 0 aliphatic rings. The fraction of sp³-hybridized carbons (Fsp3) is 0.571. The van der Waals surface area contributed by atoms with E-state index in [2.05, 4.69) is 10.8 Å². The molecule has 6 heteroatoms. The summed E-state index contributed by atoms with van der Waals surface area (Å²) in [6.45, 7) is 6.73. The highest BCUT2D eigenvalue weighted by atomic mass is 32.2. The van der Waals surface area contributed by atoms with Crippen molar-refractivity contribution in [3.8, 4) is 0 Å². The Bertz CT molecular complexity index is 177. The van der Waals surface area contributed by atoms with E-state index in [4.69, 9.17) is 5.11 Å². The first kappa shape index (κ1) is 14.8. The van der Waals surface area contributed by atoms with Crippen molar-refractivity contribution in [2.45, 2.75) is 20.3 Å². The predicted molar refractivity (Wildman–Crippen MR) is 47.6 cm³/mol. The van der Waals surface area contributed by atoms with E-state index < -0.39 is 17.3 Å². The van der Waals surface area contributed by atoms with Crippen molar-refractivity contribution in [2.75, 3.05) is 6.61 Å². The normalized spacial score (nSPS) is 11.0. The van der Waals surface area contributed by atoms with Crippen LogP contribution < -0.4 is 0 Å². The van der Waals surface area contributed by atoms with E-state index in [1.54, 1.807) is 0 Å². The second-order valence-electron chi connectivity index (χ2n) is 2.11. The molecule has 0 aliphatic heterocycles. The highest BCUT2D eigenvalue weighted by molar-refractivity contribution is 7.74. The average molecular weight is 209 g/mol. The molecule has 0 spiro atoms. The summed E-state index contributed by atoms with van der Waals surface area (Å²) in [5.41, 5.74) is 0.176. The molecule has 0 aliphatic carbocycles. The van der Waals surface area contributed by atoms with Crippen molar-refractivity contribution in [3.05, 3.63) is 12.2 Å². The third kappa shape index (κ3) is 18.3. The summed E-state index contributed by atoms with van der Waals surface area (Å²) in [6, 6.07) is 0. The molecule has 5 nitrogen and oxygen atoms in total. The van der Waals surface area contributed by atoms with E-state index in [-0.39, 0.29) is 12.2 Å². The molecule has 0 rings (SSSR count). The molecule has 0 heterocycles. The zero-order chi connectivity index (χ0) is 10.9. The minimum atomic E-state index is -2.32. The van der Waals surface area contributed by atoms with Crippen LogP contribution in [0.2, 0.25) is 0 Å². The highest BCUT2D eigenvalue weighted by Crippen LogP contribution is 1.81. The molecular formula is C7H13O5S-. The van der Waals surface area contributed by atoms with Crippen molar-refractivity contribution in [1.82, 2.24) is 0 Å². The summed E-state index contributed by atoms with van der Waals surface area (Å²) in [5, 5.41) is 7.89. The Morgan fingerprint density at radius 3 is 2.15 bits per heavy atom. The molecule has 13 heavy (non-hydrogen) atoms. The van der Waals surface area contributed by atoms with Crippen LogP contribution in [-0.4, -0.2) is 26.4 Å². The van der Waals surface area contributed by atoms with Gasteiger partial charge in [-0.2, -0.15) is 0 Å². The van der Waals surface area contributed by atoms with E-state index in [0.717, 1.165) is 6.42 Å². The first-order chi connectivity index (χ1) is 5.91. The van der Waals surface area contributed by atoms with E-state index in [0.29, 0.717) is 0 Å². The van der Waals surface area contributed by atoms with E-state index in [1.807, 2.05) is 6.92 Å². The molecule has 1 atom stereocenters. The number of aliphatic carboxylic acids is 1. The highest BCUT2D eigenvalue weighted by Gasteiger charge is 1.90. The van der Waals surface area contributed by atoms with Crippen LogP contribution in [-0.2, 0) is 20.3 Å². The Morgan fingerprint density at radius 1 is 1.69 bits per heavy atom. The minimum Gasteiger partial charge on any atom is -0.750 e. The number of rotatable bonds is 4. The van der Waals surface area contributed by atoms with Gasteiger partial charge in [0.1, 0.15) is 0 Å². The summed E-state index contributed by atoms with van der Waals surface area (Å²) in [4.78, 5) is 9.60. The first-order valence-electron chi connectivity index (χ1n) is 3.53. The molecule has 0 fully saturated rings.